The van der Waals surface area contributed by atoms with Gasteiger partial charge in [-0.25, -0.2) is 8.78 Å². The molecule has 2 aliphatic rings. The summed E-state index contributed by atoms with van der Waals surface area (Å²) in [6, 6.07) is 4.04. The average molecular weight is 363 g/mol. The largest absolute Gasteiger partial charge is 0.207 e. The minimum atomic E-state index is -0.434. The first-order valence-corrected chi connectivity index (χ1v) is 11.1. The van der Waals surface area contributed by atoms with Gasteiger partial charge in [0.15, 0.2) is 0 Å². The minimum Gasteiger partial charge on any atom is -0.207 e. The molecule has 0 N–H and O–H groups in total. The molecule has 0 amide bonds. The highest BCUT2D eigenvalue weighted by molar-refractivity contribution is 5.22. The van der Waals surface area contributed by atoms with E-state index in [-0.39, 0.29) is 0 Å². The lowest BCUT2D eigenvalue weighted by atomic mass is 9.75. The van der Waals surface area contributed by atoms with Crippen LogP contribution in [0.3, 0.4) is 0 Å². The fourth-order valence-electron chi connectivity index (χ4n) is 5.51. The Kier molecular flexibility index (Phi) is 7.52. The lowest BCUT2D eigenvalue weighted by Crippen LogP contribution is -2.16. The standard InChI is InChI=1S/C24H36F2/c1-2-4-18-7-9-19(10-8-18)5-3-6-20-11-13-21(14-12-20)22-15-23(25)17-24(26)16-22/h15-21H,2-14H2,1H3. The second-order valence-electron chi connectivity index (χ2n) is 9.03. The van der Waals surface area contributed by atoms with Crippen LogP contribution < -0.4 is 0 Å². The Bertz CT molecular complexity index is 517. The van der Waals surface area contributed by atoms with E-state index in [1.165, 1.54) is 82.8 Å². The first-order valence-electron chi connectivity index (χ1n) is 11.1. The molecule has 0 bridgehead atoms. The lowest BCUT2D eigenvalue weighted by Gasteiger charge is -2.31. The van der Waals surface area contributed by atoms with Gasteiger partial charge in [0.1, 0.15) is 11.6 Å². The molecule has 2 heteroatoms. The quantitative estimate of drug-likeness (QED) is 0.460. The Morgan fingerprint density at radius 1 is 0.692 bits per heavy atom. The Balaban J connectivity index is 1.33. The Morgan fingerprint density at radius 3 is 1.65 bits per heavy atom. The Hall–Kier alpha value is -0.920. The van der Waals surface area contributed by atoms with E-state index in [0.29, 0.717) is 5.92 Å². The highest BCUT2D eigenvalue weighted by Crippen LogP contribution is 2.39. The average Bonchev–Trinajstić information content (AvgIpc) is 2.63. The van der Waals surface area contributed by atoms with Gasteiger partial charge in [-0.2, -0.15) is 0 Å². The molecule has 3 rings (SSSR count). The van der Waals surface area contributed by atoms with Crippen molar-refractivity contribution >= 4 is 0 Å². The zero-order valence-electron chi connectivity index (χ0n) is 16.5. The molecule has 0 aliphatic heterocycles. The zero-order chi connectivity index (χ0) is 18.4. The van der Waals surface area contributed by atoms with Crippen LogP contribution in [0.5, 0.6) is 0 Å². The molecule has 0 atom stereocenters. The van der Waals surface area contributed by atoms with Crippen molar-refractivity contribution in [3.05, 3.63) is 35.4 Å². The molecular formula is C24H36F2. The van der Waals surface area contributed by atoms with Gasteiger partial charge in [-0.1, -0.05) is 64.7 Å². The van der Waals surface area contributed by atoms with Crippen LogP contribution in [0.4, 0.5) is 8.78 Å². The van der Waals surface area contributed by atoms with E-state index in [1.54, 1.807) is 0 Å². The Labute approximate surface area is 158 Å². The summed E-state index contributed by atoms with van der Waals surface area (Å²) in [6.07, 6.45) is 17.4. The predicted molar refractivity (Wildman–Crippen MR) is 105 cm³/mol. The summed E-state index contributed by atoms with van der Waals surface area (Å²) in [6.45, 7) is 2.31. The third-order valence-electron chi connectivity index (χ3n) is 7.09. The van der Waals surface area contributed by atoms with Crippen LogP contribution in [0.25, 0.3) is 0 Å². The monoisotopic (exact) mass is 362 g/mol. The fraction of sp³-hybridized carbons (Fsp3) is 0.750. The van der Waals surface area contributed by atoms with Crippen molar-refractivity contribution < 1.29 is 8.78 Å². The highest BCUT2D eigenvalue weighted by atomic mass is 19.1. The molecule has 2 fully saturated rings. The van der Waals surface area contributed by atoms with Crippen molar-refractivity contribution in [3.63, 3.8) is 0 Å². The maximum Gasteiger partial charge on any atom is 0.126 e. The number of hydrogen-bond donors (Lipinski definition) is 0. The number of benzene rings is 1. The maximum absolute atomic E-state index is 13.4. The smallest absolute Gasteiger partial charge is 0.126 e. The van der Waals surface area contributed by atoms with E-state index in [2.05, 4.69) is 6.92 Å². The summed E-state index contributed by atoms with van der Waals surface area (Å²) in [5, 5.41) is 0. The van der Waals surface area contributed by atoms with Crippen LogP contribution >= 0.6 is 0 Å². The first-order chi connectivity index (χ1) is 12.6. The lowest BCUT2D eigenvalue weighted by molar-refractivity contribution is 0.236. The molecule has 0 unspecified atom stereocenters. The molecule has 1 aromatic carbocycles. The molecule has 0 radical (unpaired) electrons. The SMILES string of the molecule is CCCC1CCC(CCCC2CCC(c3cc(F)cc(F)c3)CC2)CC1. The molecule has 0 heterocycles. The second-order valence-corrected chi connectivity index (χ2v) is 9.03. The Morgan fingerprint density at radius 2 is 1.15 bits per heavy atom. The van der Waals surface area contributed by atoms with Crippen LogP contribution in [0.1, 0.15) is 102 Å². The zero-order valence-corrected chi connectivity index (χ0v) is 16.5. The van der Waals surface area contributed by atoms with Crippen molar-refractivity contribution in [2.75, 3.05) is 0 Å². The van der Waals surface area contributed by atoms with Gasteiger partial charge in [0.05, 0.1) is 0 Å². The van der Waals surface area contributed by atoms with Gasteiger partial charge < -0.3 is 0 Å². The summed E-state index contributed by atoms with van der Waals surface area (Å²) in [5.74, 6) is 2.31. The third-order valence-corrected chi connectivity index (χ3v) is 7.09. The maximum atomic E-state index is 13.4. The number of halogens is 2. The van der Waals surface area contributed by atoms with Gasteiger partial charge in [0.25, 0.3) is 0 Å². The van der Waals surface area contributed by atoms with Crippen molar-refractivity contribution in [3.8, 4) is 0 Å². The van der Waals surface area contributed by atoms with Crippen molar-refractivity contribution in [2.24, 2.45) is 17.8 Å². The topological polar surface area (TPSA) is 0 Å². The van der Waals surface area contributed by atoms with Crippen LogP contribution in [0.15, 0.2) is 18.2 Å². The summed E-state index contributed by atoms with van der Waals surface area (Å²) in [7, 11) is 0. The van der Waals surface area contributed by atoms with Crippen LogP contribution in [0.2, 0.25) is 0 Å². The molecule has 26 heavy (non-hydrogen) atoms. The number of hydrogen-bond acceptors (Lipinski definition) is 0. The normalized spacial score (nSPS) is 29.7. The van der Waals surface area contributed by atoms with Gasteiger partial charge in [-0.15, -0.1) is 0 Å². The van der Waals surface area contributed by atoms with E-state index in [0.717, 1.165) is 42.2 Å². The summed E-state index contributed by atoms with van der Waals surface area (Å²) >= 11 is 0. The molecular weight excluding hydrogens is 326 g/mol. The first kappa shape index (κ1) is 19.8. The van der Waals surface area contributed by atoms with Crippen LogP contribution in [-0.4, -0.2) is 0 Å². The van der Waals surface area contributed by atoms with E-state index < -0.39 is 11.6 Å². The van der Waals surface area contributed by atoms with Gasteiger partial charge >= 0.3 is 0 Å². The molecule has 0 spiro atoms. The molecule has 2 aliphatic carbocycles. The van der Waals surface area contributed by atoms with Gasteiger partial charge in [0, 0.05) is 6.07 Å². The van der Waals surface area contributed by atoms with Gasteiger partial charge in [0.2, 0.25) is 0 Å². The van der Waals surface area contributed by atoms with E-state index in [1.807, 2.05) is 0 Å². The van der Waals surface area contributed by atoms with E-state index >= 15 is 0 Å². The van der Waals surface area contributed by atoms with Crippen LogP contribution in [-0.2, 0) is 0 Å². The van der Waals surface area contributed by atoms with Crippen LogP contribution in [0, 0.1) is 29.4 Å². The van der Waals surface area contributed by atoms with Crippen molar-refractivity contribution in [1.82, 2.24) is 0 Å². The van der Waals surface area contributed by atoms with Gasteiger partial charge in [-0.05, 0) is 67.1 Å². The molecule has 0 saturated heterocycles. The number of rotatable bonds is 7. The second kappa shape index (κ2) is 9.85. The highest BCUT2D eigenvalue weighted by Gasteiger charge is 2.24. The predicted octanol–water partition coefficient (Wildman–Crippen LogP) is 8.02. The minimum absolute atomic E-state index is 0.352. The molecule has 146 valence electrons. The summed E-state index contributed by atoms with van der Waals surface area (Å²) in [4.78, 5) is 0. The summed E-state index contributed by atoms with van der Waals surface area (Å²) < 4.78 is 26.9. The molecule has 1 aromatic rings. The molecule has 2 saturated carbocycles. The fourth-order valence-corrected chi connectivity index (χ4v) is 5.51. The van der Waals surface area contributed by atoms with Crippen molar-refractivity contribution in [1.29, 1.82) is 0 Å². The van der Waals surface area contributed by atoms with Crippen molar-refractivity contribution in [2.45, 2.75) is 96.3 Å². The van der Waals surface area contributed by atoms with Gasteiger partial charge in [-0.3, -0.25) is 0 Å². The third kappa shape index (κ3) is 5.79. The van der Waals surface area contributed by atoms with E-state index in [9.17, 15) is 8.78 Å². The molecule has 0 nitrogen and oxygen atoms in total. The van der Waals surface area contributed by atoms with E-state index in [4.69, 9.17) is 0 Å². The molecule has 0 aromatic heterocycles. The summed E-state index contributed by atoms with van der Waals surface area (Å²) in [5.41, 5.74) is 0.866.